The number of carbonyl (C=O) groups is 2. The number of nitrogens with one attached hydrogen (secondary N) is 1. The number of amides is 1. The van der Waals surface area contributed by atoms with Crippen LogP contribution in [0.25, 0.3) is 0 Å². The zero-order chi connectivity index (χ0) is 16.1. The molecular formula is C16H13BrClNO3. The van der Waals surface area contributed by atoms with Crippen LogP contribution in [-0.2, 0) is 11.3 Å². The molecule has 0 heterocycles. The van der Waals surface area contributed by atoms with Gasteiger partial charge in [-0.2, -0.15) is 0 Å². The third-order valence-electron chi connectivity index (χ3n) is 3.02. The zero-order valence-corrected chi connectivity index (χ0v) is 14.1. The highest BCUT2D eigenvalue weighted by Gasteiger charge is 2.09. The van der Waals surface area contributed by atoms with E-state index in [9.17, 15) is 9.59 Å². The molecule has 0 radical (unpaired) electrons. The average molecular weight is 383 g/mol. The van der Waals surface area contributed by atoms with Crippen LogP contribution in [0.2, 0.25) is 5.02 Å². The van der Waals surface area contributed by atoms with Gasteiger partial charge >= 0.3 is 5.97 Å². The lowest BCUT2D eigenvalue weighted by Crippen LogP contribution is -2.23. The molecule has 4 nitrogen and oxygen atoms in total. The van der Waals surface area contributed by atoms with Gasteiger partial charge in [0.15, 0.2) is 0 Å². The Balaban J connectivity index is 2.01. The predicted molar refractivity (Wildman–Crippen MR) is 88.1 cm³/mol. The first-order valence-electron chi connectivity index (χ1n) is 6.42. The van der Waals surface area contributed by atoms with Gasteiger partial charge in [0.05, 0.1) is 12.7 Å². The summed E-state index contributed by atoms with van der Waals surface area (Å²) in [5.74, 6) is -0.677. The molecule has 0 aromatic heterocycles. The molecule has 0 unspecified atom stereocenters. The summed E-state index contributed by atoms with van der Waals surface area (Å²) in [6.45, 7) is 0.323. The molecule has 2 rings (SSSR count). The molecule has 0 atom stereocenters. The number of ether oxygens (including phenoxy) is 1. The van der Waals surface area contributed by atoms with E-state index in [0.29, 0.717) is 22.7 Å². The summed E-state index contributed by atoms with van der Waals surface area (Å²) in [5, 5.41) is 3.36. The van der Waals surface area contributed by atoms with Gasteiger partial charge < -0.3 is 10.1 Å². The minimum absolute atomic E-state index is 0.240. The molecule has 2 aromatic carbocycles. The second kappa shape index (κ2) is 7.42. The second-order valence-electron chi connectivity index (χ2n) is 4.49. The van der Waals surface area contributed by atoms with Gasteiger partial charge in [0.2, 0.25) is 0 Å². The molecule has 1 amide bonds. The van der Waals surface area contributed by atoms with Crippen LogP contribution in [0.5, 0.6) is 0 Å². The summed E-state index contributed by atoms with van der Waals surface area (Å²) in [7, 11) is 1.31. The molecule has 0 fully saturated rings. The normalized spacial score (nSPS) is 10.1. The quantitative estimate of drug-likeness (QED) is 0.818. The standard InChI is InChI=1S/C16H13BrClNO3/c1-22-16(21)11-4-2-10(3-5-11)15(20)19-9-12-6-7-13(17)8-14(12)18/h2-8H,9H2,1H3,(H,19,20). The third kappa shape index (κ3) is 4.08. The van der Waals surface area contributed by atoms with E-state index in [4.69, 9.17) is 11.6 Å². The minimum Gasteiger partial charge on any atom is -0.465 e. The van der Waals surface area contributed by atoms with E-state index in [1.807, 2.05) is 12.1 Å². The van der Waals surface area contributed by atoms with Crippen molar-refractivity contribution in [3.8, 4) is 0 Å². The molecule has 0 saturated carbocycles. The van der Waals surface area contributed by atoms with E-state index in [1.54, 1.807) is 30.3 Å². The lowest BCUT2D eigenvalue weighted by atomic mass is 10.1. The van der Waals surface area contributed by atoms with Crippen LogP contribution < -0.4 is 5.32 Å². The molecule has 2 aromatic rings. The molecule has 0 saturated heterocycles. The van der Waals surface area contributed by atoms with Gasteiger partial charge in [0.1, 0.15) is 0 Å². The van der Waals surface area contributed by atoms with Gasteiger partial charge in [-0.1, -0.05) is 33.6 Å². The summed E-state index contributed by atoms with van der Waals surface area (Å²) < 4.78 is 5.49. The summed E-state index contributed by atoms with van der Waals surface area (Å²) in [4.78, 5) is 23.4. The van der Waals surface area contributed by atoms with Crippen LogP contribution in [0.4, 0.5) is 0 Å². The van der Waals surface area contributed by atoms with E-state index in [-0.39, 0.29) is 5.91 Å². The van der Waals surface area contributed by atoms with E-state index >= 15 is 0 Å². The van der Waals surface area contributed by atoms with Crippen LogP contribution in [0.1, 0.15) is 26.3 Å². The number of halogens is 2. The number of benzene rings is 2. The second-order valence-corrected chi connectivity index (χ2v) is 5.81. The molecule has 0 spiro atoms. The predicted octanol–water partition coefficient (Wildman–Crippen LogP) is 3.82. The van der Waals surface area contributed by atoms with Crippen molar-refractivity contribution in [1.29, 1.82) is 0 Å². The van der Waals surface area contributed by atoms with Crippen molar-refractivity contribution in [3.05, 3.63) is 68.7 Å². The smallest absolute Gasteiger partial charge is 0.337 e. The number of rotatable bonds is 4. The minimum atomic E-state index is -0.436. The maximum Gasteiger partial charge on any atom is 0.337 e. The van der Waals surface area contributed by atoms with Crippen molar-refractivity contribution in [2.45, 2.75) is 6.54 Å². The molecule has 6 heteroatoms. The molecule has 0 aliphatic heterocycles. The van der Waals surface area contributed by atoms with Crippen LogP contribution in [0.15, 0.2) is 46.9 Å². The summed E-state index contributed by atoms with van der Waals surface area (Å²) >= 11 is 9.43. The van der Waals surface area contributed by atoms with Crippen LogP contribution >= 0.6 is 27.5 Å². The Bertz CT molecular complexity index is 701. The highest BCUT2D eigenvalue weighted by atomic mass is 79.9. The molecule has 114 valence electrons. The first kappa shape index (κ1) is 16.5. The summed E-state index contributed by atoms with van der Waals surface area (Å²) in [6, 6.07) is 11.7. The summed E-state index contributed by atoms with van der Waals surface area (Å²) in [5.41, 5.74) is 1.68. The van der Waals surface area contributed by atoms with E-state index in [0.717, 1.165) is 10.0 Å². The van der Waals surface area contributed by atoms with E-state index < -0.39 is 5.97 Å². The van der Waals surface area contributed by atoms with Crippen LogP contribution in [0, 0.1) is 0 Å². The topological polar surface area (TPSA) is 55.4 Å². The van der Waals surface area contributed by atoms with Crippen molar-refractivity contribution in [3.63, 3.8) is 0 Å². The highest BCUT2D eigenvalue weighted by Crippen LogP contribution is 2.21. The maximum absolute atomic E-state index is 12.1. The first-order chi connectivity index (χ1) is 10.5. The number of methoxy groups -OCH3 is 1. The largest absolute Gasteiger partial charge is 0.465 e. The number of hydrogen-bond donors (Lipinski definition) is 1. The Morgan fingerprint density at radius 1 is 1.14 bits per heavy atom. The van der Waals surface area contributed by atoms with E-state index in [2.05, 4.69) is 26.0 Å². The molecule has 0 aliphatic rings. The Labute approximate surface area is 141 Å². The average Bonchev–Trinajstić information content (AvgIpc) is 2.53. The number of hydrogen-bond acceptors (Lipinski definition) is 3. The Kier molecular flexibility index (Phi) is 5.57. The zero-order valence-electron chi connectivity index (χ0n) is 11.7. The monoisotopic (exact) mass is 381 g/mol. The molecular weight excluding hydrogens is 370 g/mol. The van der Waals surface area contributed by atoms with Gasteiger partial charge in [-0.05, 0) is 42.0 Å². The fraction of sp³-hybridized carbons (Fsp3) is 0.125. The van der Waals surface area contributed by atoms with Crippen molar-refractivity contribution >= 4 is 39.4 Å². The van der Waals surface area contributed by atoms with Gasteiger partial charge in [0.25, 0.3) is 5.91 Å². The van der Waals surface area contributed by atoms with Gasteiger partial charge in [0, 0.05) is 21.6 Å². The molecule has 1 N–H and O–H groups in total. The van der Waals surface area contributed by atoms with E-state index in [1.165, 1.54) is 7.11 Å². The van der Waals surface area contributed by atoms with Crippen molar-refractivity contribution in [1.82, 2.24) is 5.32 Å². The van der Waals surface area contributed by atoms with Crippen molar-refractivity contribution in [2.24, 2.45) is 0 Å². The van der Waals surface area contributed by atoms with Crippen LogP contribution in [0.3, 0.4) is 0 Å². The molecule has 22 heavy (non-hydrogen) atoms. The lowest BCUT2D eigenvalue weighted by molar-refractivity contribution is 0.0600. The summed E-state index contributed by atoms with van der Waals surface area (Å²) in [6.07, 6.45) is 0. The van der Waals surface area contributed by atoms with Gasteiger partial charge in [-0.3, -0.25) is 4.79 Å². The molecule has 0 bridgehead atoms. The van der Waals surface area contributed by atoms with Gasteiger partial charge in [-0.25, -0.2) is 4.79 Å². The SMILES string of the molecule is COC(=O)c1ccc(C(=O)NCc2ccc(Br)cc2Cl)cc1. The van der Waals surface area contributed by atoms with Crippen molar-refractivity contribution in [2.75, 3.05) is 7.11 Å². The maximum atomic E-state index is 12.1. The van der Waals surface area contributed by atoms with Gasteiger partial charge in [-0.15, -0.1) is 0 Å². The Morgan fingerprint density at radius 2 is 1.77 bits per heavy atom. The van der Waals surface area contributed by atoms with Crippen LogP contribution in [-0.4, -0.2) is 19.0 Å². The number of carbonyl (C=O) groups excluding carboxylic acids is 2. The lowest BCUT2D eigenvalue weighted by Gasteiger charge is -2.08. The molecule has 0 aliphatic carbocycles. The fourth-order valence-corrected chi connectivity index (χ4v) is 2.56. The Morgan fingerprint density at radius 3 is 2.36 bits per heavy atom. The Hall–Kier alpha value is -1.85. The highest BCUT2D eigenvalue weighted by molar-refractivity contribution is 9.10. The first-order valence-corrected chi connectivity index (χ1v) is 7.59. The number of esters is 1. The third-order valence-corrected chi connectivity index (χ3v) is 3.87. The van der Waals surface area contributed by atoms with Crippen molar-refractivity contribution < 1.29 is 14.3 Å². The fourth-order valence-electron chi connectivity index (χ4n) is 1.82.